The van der Waals surface area contributed by atoms with Crippen LogP contribution in [-0.4, -0.2) is 47.8 Å². The molecule has 3 N–H and O–H groups in total. The van der Waals surface area contributed by atoms with E-state index in [9.17, 15) is 14.7 Å². The van der Waals surface area contributed by atoms with Crippen molar-refractivity contribution in [3.05, 3.63) is 203 Å². The Morgan fingerprint density at radius 2 is 1.25 bits per heavy atom. The van der Waals surface area contributed by atoms with Gasteiger partial charge in [-0.15, -0.1) is 0 Å². The van der Waals surface area contributed by atoms with Crippen LogP contribution >= 0.6 is 0 Å². The molecule has 2 amide bonds. The monoisotopic (exact) mass is 803 g/mol. The van der Waals surface area contributed by atoms with Gasteiger partial charge in [-0.05, 0) is 56.6 Å². The van der Waals surface area contributed by atoms with Gasteiger partial charge in [0.15, 0.2) is 6.29 Å². The molecule has 7 rings (SSSR count). The van der Waals surface area contributed by atoms with Crippen molar-refractivity contribution in [2.24, 2.45) is 5.92 Å². The van der Waals surface area contributed by atoms with Crippen LogP contribution in [0.2, 0.25) is 0 Å². The molecule has 0 bridgehead atoms. The predicted molar refractivity (Wildman–Crippen MR) is 233 cm³/mol. The molecule has 1 aliphatic rings. The SMILES string of the molecule is COC(=O)[C@H](Cc1ccccc1)NC(=O)NCc1cccc(-c2cccc([C@@H]3O[C@H](CN(Cc4ccccc4)Cc4ccccc4)[C@H](C)[C@H](c4ccc(CO)cc4)O3)c2)c1. The van der Waals surface area contributed by atoms with E-state index >= 15 is 0 Å². The van der Waals surface area contributed by atoms with Crippen LogP contribution in [0, 0.1) is 5.92 Å². The first-order valence-electron chi connectivity index (χ1n) is 20.5. The number of aliphatic hydroxyl groups excluding tert-OH is 1. The minimum Gasteiger partial charge on any atom is -0.467 e. The van der Waals surface area contributed by atoms with Crippen molar-refractivity contribution < 1.29 is 28.9 Å². The Bertz CT molecular complexity index is 2230. The Morgan fingerprint density at radius 1 is 0.667 bits per heavy atom. The fourth-order valence-corrected chi connectivity index (χ4v) is 7.75. The van der Waals surface area contributed by atoms with Crippen LogP contribution in [0.3, 0.4) is 0 Å². The molecule has 6 aromatic carbocycles. The van der Waals surface area contributed by atoms with Crippen LogP contribution in [0.5, 0.6) is 0 Å². The van der Waals surface area contributed by atoms with Gasteiger partial charge in [-0.2, -0.15) is 0 Å². The van der Waals surface area contributed by atoms with Gasteiger partial charge in [0, 0.05) is 44.1 Å². The van der Waals surface area contributed by atoms with E-state index in [0.29, 0.717) is 13.0 Å². The number of ether oxygens (including phenoxy) is 3. The summed E-state index contributed by atoms with van der Waals surface area (Å²) in [5.41, 5.74) is 9.02. The molecule has 308 valence electrons. The van der Waals surface area contributed by atoms with Gasteiger partial charge in [-0.3, -0.25) is 4.90 Å². The first-order chi connectivity index (χ1) is 29.3. The molecule has 0 aromatic heterocycles. The minimum absolute atomic E-state index is 0.0149. The normalized spacial score (nSPS) is 18.1. The zero-order valence-corrected chi connectivity index (χ0v) is 34.2. The summed E-state index contributed by atoms with van der Waals surface area (Å²) in [6, 6.07) is 53.5. The first kappa shape index (κ1) is 42.0. The summed E-state index contributed by atoms with van der Waals surface area (Å²) in [6.45, 7) is 4.66. The number of benzene rings is 6. The predicted octanol–water partition coefficient (Wildman–Crippen LogP) is 8.92. The third-order valence-corrected chi connectivity index (χ3v) is 11.0. The highest BCUT2D eigenvalue weighted by atomic mass is 16.7. The summed E-state index contributed by atoms with van der Waals surface area (Å²) in [4.78, 5) is 28.0. The number of rotatable bonds is 16. The molecule has 1 heterocycles. The number of hydrogen-bond acceptors (Lipinski definition) is 7. The highest BCUT2D eigenvalue weighted by Gasteiger charge is 2.39. The van der Waals surface area contributed by atoms with Crippen LogP contribution in [0.4, 0.5) is 4.79 Å². The number of carbonyl (C=O) groups is 2. The van der Waals surface area contributed by atoms with Crippen molar-refractivity contribution in [2.45, 2.75) is 64.1 Å². The van der Waals surface area contributed by atoms with E-state index in [1.54, 1.807) is 0 Å². The highest BCUT2D eigenvalue weighted by Crippen LogP contribution is 2.42. The zero-order chi connectivity index (χ0) is 41.7. The maximum Gasteiger partial charge on any atom is 0.328 e. The van der Waals surface area contributed by atoms with E-state index in [4.69, 9.17) is 14.2 Å². The zero-order valence-electron chi connectivity index (χ0n) is 34.2. The molecule has 0 spiro atoms. The lowest BCUT2D eigenvalue weighted by Crippen LogP contribution is -2.47. The number of nitrogens with zero attached hydrogens (tertiary/aromatic N) is 1. The van der Waals surface area contributed by atoms with E-state index in [1.807, 2.05) is 103 Å². The van der Waals surface area contributed by atoms with E-state index in [1.165, 1.54) is 18.2 Å². The summed E-state index contributed by atoms with van der Waals surface area (Å²) < 4.78 is 18.8. The van der Waals surface area contributed by atoms with E-state index < -0.39 is 24.3 Å². The Kier molecular flexibility index (Phi) is 14.5. The standard InChI is InChI=1S/C51H53N3O6/c1-36-47(34-54(32-38-16-8-4-9-17-38)33-39-18-10-5-11-19-39)59-50(60-48(36)42-26-24-40(35-55)25-27-42)45-23-13-22-44(30-45)43-21-12-20-41(28-43)31-52-51(57)53-46(49(56)58-2)29-37-14-6-3-7-15-37/h3-28,30,36,46-48,50,55H,29,31-35H2,1-2H3,(H2,52,53,57)/t36-,46-,47+,48+,50+/m0/s1. The molecule has 0 aliphatic carbocycles. The topological polar surface area (TPSA) is 109 Å². The summed E-state index contributed by atoms with van der Waals surface area (Å²) in [7, 11) is 1.31. The molecule has 0 unspecified atom stereocenters. The number of amides is 2. The lowest BCUT2D eigenvalue weighted by molar-refractivity contribution is -0.276. The van der Waals surface area contributed by atoms with Crippen LogP contribution in [0.15, 0.2) is 164 Å². The molecule has 0 saturated carbocycles. The van der Waals surface area contributed by atoms with Gasteiger partial charge in [0.2, 0.25) is 0 Å². The Balaban J connectivity index is 1.09. The lowest BCUT2D eigenvalue weighted by Gasteiger charge is -2.43. The first-order valence-corrected chi connectivity index (χ1v) is 20.5. The summed E-state index contributed by atoms with van der Waals surface area (Å²) in [5, 5.41) is 15.4. The molecule has 6 aromatic rings. The van der Waals surface area contributed by atoms with Gasteiger partial charge in [0.25, 0.3) is 0 Å². The van der Waals surface area contributed by atoms with E-state index in [0.717, 1.165) is 52.0 Å². The summed E-state index contributed by atoms with van der Waals surface area (Å²) in [5.74, 6) is -0.494. The van der Waals surface area contributed by atoms with Crippen molar-refractivity contribution >= 4 is 12.0 Å². The molecule has 0 radical (unpaired) electrons. The van der Waals surface area contributed by atoms with Crippen molar-refractivity contribution in [3.8, 4) is 11.1 Å². The van der Waals surface area contributed by atoms with Crippen molar-refractivity contribution in [2.75, 3.05) is 13.7 Å². The Labute approximate surface area is 353 Å². The molecule has 9 heteroatoms. The molecule has 1 fully saturated rings. The number of esters is 1. The third-order valence-electron chi connectivity index (χ3n) is 11.0. The quantitative estimate of drug-likeness (QED) is 0.0839. The maximum absolute atomic E-state index is 13.0. The van der Waals surface area contributed by atoms with Crippen LogP contribution in [-0.2, 0) is 51.7 Å². The van der Waals surface area contributed by atoms with Gasteiger partial charge in [-0.25, -0.2) is 9.59 Å². The number of methoxy groups -OCH3 is 1. The number of aliphatic hydroxyl groups is 1. The highest BCUT2D eigenvalue weighted by molar-refractivity contribution is 5.83. The average molecular weight is 804 g/mol. The molecule has 1 aliphatic heterocycles. The van der Waals surface area contributed by atoms with Gasteiger partial charge in [-0.1, -0.05) is 159 Å². The molecular weight excluding hydrogens is 751 g/mol. The molecule has 60 heavy (non-hydrogen) atoms. The van der Waals surface area contributed by atoms with Crippen molar-refractivity contribution in [1.82, 2.24) is 15.5 Å². The maximum atomic E-state index is 13.0. The average Bonchev–Trinajstić information content (AvgIpc) is 3.29. The molecular formula is C51H53N3O6. The number of nitrogens with one attached hydrogen (secondary N) is 2. The Morgan fingerprint density at radius 3 is 1.87 bits per heavy atom. The summed E-state index contributed by atoms with van der Waals surface area (Å²) >= 11 is 0. The molecule has 9 nitrogen and oxygen atoms in total. The van der Waals surface area contributed by atoms with Crippen LogP contribution in [0.25, 0.3) is 11.1 Å². The van der Waals surface area contributed by atoms with Crippen LogP contribution in [0.1, 0.15) is 58.3 Å². The number of hydrogen-bond donors (Lipinski definition) is 3. The van der Waals surface area contributed by atoms with E-state index in [2.05, 4.69) is 83.1 Å². The second kappa shape index (κ2) is 20.7. The third kappa shape index (κ3) is 11.3. The molecule has 5 atom stereocenters. The van der Waals surface area contributed by atoms with E-state index in [-0.39, 0.29) is 31.3 Å². The minimum atomic E-state index is -0.825. The summed E-state index contributed by atoms with van der Waals surface area (Å²) in [6.07, 6.45) is -0.755. The second-order valence-corrected chi connectivity index (χ2v) is 15.4. The smallest absolute Gasteiger partial charge is 0.328 e. The second-order valence-electron chi connectivity index (χ2n) is 15.4. The van der Waals surface area contributed by atoms with Gasteiger partial charge in [0.1, 0.15) is 6.04 Å². The Hall–Kier alpha value is -6.10. The van der Waals surface area contributed by atoms with Gasteiger partial charge in [0.05, 0.1) is 25.9 Å². The number of urea groups is 1. The molecule has 1 saturated heterocycles. The van der Waals surface area contributed by atoms with Crippen molar-refractivity contribution in [1.29, 1.82) is 0 Å². The van der Waals surface area contributed by atoms with Gasteiger partial charge >= 0.3 is 12.0 Å². The fraction of sp³-hybridized carbons (Fsp3) is 0.255. The van der Waals surface area contributed by atoms with Gasteiger partial charge < -0.3 is 30.0 Å². The van der Waals surface area contributed by atoms with Crippen molar-refractivity contribution in [3.63, 3.8) is 0 Å². The number of carbonyl (C=O) groups excluding carboxylic acids is 2. The fourth-order valence-electron chi connectivity index (χ4n) is 7.75. The largest absolute Gasteiger partial charge is 0.467 e. The van der Waals surface area contributed by atoms with Crippen LogP contribution < -0.4 is 10.6 Å². The lowest BCUT2D eigenvalue weighted by atomic mass is 9.89.